The number of rotatable bonds is 6. The lowest BCUT2D eigenvalue weighted by Gasteiger charge is -2.27. The Bertz CT molecular complexity index is 709. The first-order chi connectivity index (χ1) is 12.2. The van der Waals surface area contributed by atoms with Crippen LogP contribution in [0.15, 0.2) is 53.7 Å². The second kappa shape index (κ2) is 8.62. The van der Waals surface area contributed by atoms with Gasteiger partial charge in [0, 0.05) is 12.1 Å². The van der Waals surface area contributed by atoms with Gasteiger partial charge in [0.25, 0.3) is 0 Å². The fraction of sp³-hybridized carbons (Fsp3) is 0.350. The van der Waals surface area contributed by atoms with Crippen LogP contribution in [0.2, 0.25) is 0 Å². The van der Waals surface area contributed by atoms with Crippen molar-refractivity contribution in [2.24, 2.45) is 10.9 Å². The van der Waals surface area contributed by atoms with E-state index in [0.717, 1.165) is 36.3 Å². The van der Waals surface area contributed by atoms with Crippen LogP contribution in [0.3, 0.4) is 0 Å². The van der Waals surface area contributed by atoms with Crippen LogP contribution < -0.4 is 5.73 Å². The maximum atomic E-state index is 12.9. The number of nitrogens with two attached hydrogens (primary N) is 1. The molecule has 2 aromatic carbocycles. The van der Waals surface area contributed by atoms with E-state index in [2.05, 4.69) is 16.1 Å². The number of likely N-dealkylation sites (tertiary alicyclic amines) is 1. The zero-order chi connectivity index (χ0) is 17.5. The van der Waals surface area contributed by atoms with Gasteiger partial charge in [0.05, 0.1) is 0 Å². The van der Waals surface area contributed by atoms with E-state index >= 15 is 0 Å². The Balaban J connectivity index is 1.64. The normalized spacial score (nSPS) is 16.0. The molecule has 1 heterocycles. The van der Waals surface area contributed by atoms with Crippen molar-refractivity contribution in [3.8, 4) is 0 Å². The molecule has 25 heavy (non-hydrogen) atoms. The fourth-order valence-corrected chi connectivity index (χ4v) is 3.07. The van der Waals surface area contributed by atoms with Gasteiger partial charge in [-0.25, -0.2) is 4.39 Å². The van der Waals surface area contributed by atoms with Crippen molar-refractivity contribution in [1.29, 1.82) is 0 Å². The first kappa shape index (κ1) is 17.4. The molecule has 132 valence electrons. The summed E-state index contributed by atoms with van der Waals surface area (Å²) in [6, 6.07) is 14.2. The predicted octanol–water partition coefficient (Wildman–Crippen LogP) is 3.65. The smallest absolute Gasteiger partial charge is 0.170 e. The highest BCUT2D eigenvalue weighted by Crippen LogP contribution is 2.16. The average molecular weight is 341 g/mol. The molecule has 1 fully saturated rings. The summed E-state index contributed by atoms with van der Waals surface area (Å²) in [4.78, 5) is 7.80. The summed E-state index contributed by atoms with van der Waals surface area (Å²) in [6.07, 6.45) is 3.83. The van der Waals surface area contributed by atoms with Crippen LogP contribution in [0, 0.1) is 5.82 Å². The number of benzene rings is 2. The second-order valence-electron chi connectivity index (χ2n) is 6.37. The largest absolute Gasteiger partial charge is 0.389 e. The molecule has 3 rings (SSSR count). The van der Waals surface area contributed by atoms with E-state index in [1.54, 1.807) is 12.1 Å². The zero-order valence-corrected chi connectivity index (χ0v) is 14.3. The molecule has 0 saturated carbocycles. The maximum absolute atomic E-state index is 12.9. The Morgan fingerprint density at radius 2 is 1.76 bits per heavy atom. The molecule has 2 aromatic rings. The van der Waals surface area contributed by atoms with Crippen molar-refractivity contribution in [3.05, 3.63) is 71.0 Å². The predicted molar refractivity (Wildman–Crippen MR) is 97.5 cm³/mol. The minimum Gasteiger partial charge on any atom is -0.389 e. The van der Waals surface area contributed by atoms with Crippen molar-refractivity contribution in [3.63, 3.8) is 0 Å². The van der Waals surface area contributed by atoms with E-state index in [4.69, 9.17) is 10.6 Å². The summed E-state index contributed by atoms with van der Waals surface area (Å²) in [5.41, 5.74) is 9.05. The van der Waals surface area contributed by atoms with E-state index in [1.807, 2.05) is 18.2 Å². The van der Waals surface area contributed by atoms with Gasteiger partial charge < -0.3 is 10.6 Å². The number of piperidine rings is 1. The maximum Gasteiger partial charge on any atom is 0.170 e. The Morgan fingerprint density at radius 1 is 1.04 bits per heavy atom. The topological polar surface area (TPSA) is 50.9 Å². The first-order valence-electron chi connectivity index (χ1n) is 8.73. The third kappa shape index (κ3) is 5.03. The SMILES string of the molecule is N/C(=N/OCc1ccc(F)cc1)c1ccccc1CN1CCCCC1. The fourth-order valence-electron chi connectivity index (χ4n) is 3.07. The lowest BCUT2D eigenvalue weighted by atomic mass is 10.0. The summed E-state index contributed by atoms with van der Waals surface area (Å²) < 4.78 is 12.9. The molecular formula is C20H24FN3O. The number of hydrogen-bond donors (Lipinski definition) is 1. The number of hydrogen-bond acceptors (Lipinski definition) is 3. The Labute approximate surface area is 148 Å². The van der Waals surface area contributed by atoms with Crippen LogP contribution in [0.1, 0.15) is 36.0 Å². The molecule has 4 nitrogen and oxygen atoms in total. The highest BCUT2D eigenvalue weighted by Gasteiger charge is 2.13. The quantitative estimate of drug-likeness (QED) is 0.496. The van der Waals surface area contributed by atoms with Crippen molar-refractivity contribution in [1.82, 2.24) is 4.90 Å². The van der Waals surface area contributed by atoms with E-state index < -0.39 is 0 Å². The number of halogens is 1. The third-order valence-electron chi connectivity index (χ3n) is 4.44. The van der Waals surface area contributed by atoms with Gasteiger partial charge in [-0.2, -0.15) is 0 Å². The molecule has 1 saturated heterocycles. The lowest BCUT2D eigenvalue weighted by Crippen LogP contribution is -2.30. The standard InChI is InChI=1S/C20H24FN3O/c21-18-10-8-16(9-11-18)15-25-23-20(22)19-7-3-2-6-17(19)14-24-12-4-1-5-13-24/h2-3,6-11H,1,4-5,12-15H2,(H2,22,23). The molecular weight excluding hydrogens is 317 g/mol. The third-order valence-corrected chi connectivity index (χ3v) is 4.44. The van der Waals surface area contributed by atoms with Gasteiger partial charge in [0.1, 0.15) is 12.4 Å². The molecule has 0 aromatic heterocycles. The molecule has 0 spiro atoms. The van der Waals surface area contributed by atoms with Crippen LogP contribution in [0.5, 0.6) is 0 Å². The summed E-state index contributed by atoms with van der Waals surface area (Å²) in [5, 5.41) is 4.05. The van der Waals surface area contributed by atoms with Crippen LogP contribution in [0.4, 0.5) is 4.39 Å². The summed E-state index contributed by atoms with van der Waals surface area (Å²) in [5.74, 6) is 0.105. The Kier molecular flexibility index (Phi) is 6.01. The lowest BCUT2D eigenvalue weighted by molar-refractivity contribution is 0.130. The van der Waals surface area contributed by atoms with Gasteiger partial charge in [0.2, 0.25) is 0 Å². The minimum absolute atomic E-state index is 0.259. The van der Waals surface area contributed by atoms with Crippen molar-refractivity contribution < 1.29 is 9.23 Å². The minimum atomic E-state index is -0.265. The molecule has 0 radical (unpaired) electrons. The van der Waals surface area contributed by atoms with Gasteiger partial charge in [-0.05, 0) is 49.2 Å². The Hall–Kier alpha value is -2.40. The molecule has 2 N–H and O–H groups in total. The van der Waals surface area contributed by atoms with Crippen LogP contribution in [-0.4, -0.2) is 23.8 Å². The molecule has 0 aliphatic carbocycles. The van der Waals surface area contributed by atoms with Crippen LogP contribution in [-0.2, 0) is 18.0 Å². The molecule has 1 aliphatic rings. The van der Waals surface area contributed by atoms with Crippen molar-refractivity contribution >= 4 is 5.84 Å². The van der Waals surface area contributed by atoms with Crippen molar-refractivity contribution in [2.45, 2.75) is 32.4 Å². The number of amidine groups is 1. The van der Waals surface area contributed by atoms with Crippen molar-refractivity contribution in [2.75, 3.05) is 13.1 Å². The van der Waals surface area contributed by atoms with Gasteiger partial charge >= 0.3 is 0 Å². The molecule has 1 aliphatic heterocycles. The Morgan fingerprint density at radius 3 is 2.52 bits per heavy atom. The van der Waals surface area contributed by atoms with E-state index in [1.165, 1.54) is 31.4 Å². The molecule has 0 unspecified atom stereocenters. The van der Waals surface area contributed by atoms with Crippen LogP contribution >= 0.6 is 0 Å². The highest BCUT2D eigenvalue weighted by molar-refractivity contribution is 5.98. The van der Waals surface area contributed by atoms with Gasteiger partial charge in [0.15, 0.2) is 5.84 Å². The summed E-state index contributed by atoms with van der Waals surface area (Å²) >= 11 is 0. The zero-order valence-electron chi connectivity index (χ0n) is 14.3. The average Bonchev–Trinajstić information content (AvgIpc) is 2.64. The number of oxime groups is 1. The van der Waals surface area contributed by atoms with E-state index in [0.29, 0.717) is 5.84 Å². The molecule has 0 atom stereocenters. The highest BCUT2D eigenvalue weighted by atomic mass is 19.1. The second-order valence-corrected chi connectivity index (χ2v) is 6.37. The number of nitrogens with zero attached hydrogens (tertiary/aromatic N) is 2. The van der Waals surface area contributed by atoms with E-state index in [-0.39, 0.29) is 12.4 Å². The van der Waals surface area contributed by atoms with E-state index in [9.17, 15) is 4.39 Å². The monoisotopic (exact) mass is 341 g/mol. The van der Waals surface area contributed by atoms with Crippen LogP contribution in [0.25, 0.3) is 0 Å². The summed E-state index contributed by atoms with van der Waals surface area (Å²) in [7, 11) is 0. The van der Waals surface area contributed by atoms with Gasteiger partial charge in [-0.15, -0.1) is 0 Å². The summed E-state index contributed by atoms with van der Waals surface area (Å²) in [6.45, 7) is 3.40. The molecule has 0 bridgehead atoms. The molecule has 5 heteroatoms. The first-order valence-corrected chi connectivity index (χ1v) is 8.73. The van der Waals surface area contributed by atoms with Gasteiger partial charge in [-0.3, -0.25) is 4.90 Å². The van der Waals surface area contributed by atoms with Gasteiger partial charge in [-0.1, -0.05) is 48.0 Å². The molecule has 0 amide bonds.